The van der Waals surface area contributed by atoms with E-state index < -0.39 is 0 Å². The number of ketones is 1. The molecule has 3 heteroatoms. The third-order valence-electron chi connectivity index (χ3n) is 4.31. The molecule has 2 N–H and O–H groups in total. The van der Waals surface area contributed by atoms with Crippen LogP contribution in [-0.2, 0) is 0 Å². The minimum Gasteiger partial charge on any atom is -0.325 e. The van der Waals surface area contributed by atoms with E-state index in [0.717, 1.165) is 42.1 Å². The van der Waals surface area contributed by atoms with Crippen molar-refractivity contribution in [2.45, 2.75) is 44.1 Å². The van der Waals surface area contributed by atoms with Crippen molar-refractivity contribution < 1.29 is 4.79 Å². The second kappa shape index (κ2) is 5.33. The van der Waals surface area contributed by atoms with E-state index in [4.69, 9.17) is 5.73 Å². The van der Waals surface area contributed by atoms with Gasteiger partial charge in [0.25, 0.3) is 0 Å². The molecule has 1 heterocycles. The van der Waals surface area contributed by atoms with Gasteiger partial charge in [0, 0.05) is 29.1 Å². The van der Waals surface area contributed by atoms with E-state index in [1.807, 2.05) is 30.3 Å². The minimum absolute atomic E-state index is 0.146. The van der Waals surface area contributed by atoms with Gasteiger partial charge in [0.15, 0.2) is 5.78 Å². The van der Waals surface area contributed by atoms with Crippen LogP contribution in [0.25, 0.3) is 10.9 Å². The zero-order chi connectivity index (χ0) is 14.0. The molecule has 0 unspecified atom stereocenters. The van der Waals surface area contributed by atoms with E-state index in [9.17, 15) is 4.79 Å². The van der Waals surface area contributed by atoms with Crippen molar-refractivity contribution in [3.63, 3.8) is 0 Å². The molecular formula is C17H20N2O. The summed E-state index contributed by atoms with van der Waals surface area (Å²) < 4.78 is 0. The molecule has 0 aliphatic heterocycles. The summed E-state index contributed by atoms with van der Waals surface area (Å²) >= 11 is 0. The molecular weight excluding hydrogens is 248 g/mol. The van der Waals surface area contributed by atoms with Crippen LogP contribution in [0.5, 0.6) is 0 Å². The maximum atomic E-state index is 12.6. The van der Waals surface area contributed by atoms with Crippen molar-refractivity contribution in [1.29, 1.82) is 0 Å². The largest absolute Gasteiger partial charge is 0.325 e. The molecule has 0 spiro atoms. The highest BCUT2D eigenvalue weighted by Crippen LogP contribution is 2.30. The molecule has 0 atom stereocenters. The van der Waals surface area contributed by atoms with Crippen LogP contribution < -0.4 is 5.73 Å². The predicted octanol–water partition coefficient (Wildman–Crippen LogP) is 3.47. The molecule has 1 fully saturated rings. The number of carbonyl (C=O) groups excluding carboxylic acids is 1. The zero-order valence-electron chi connectivity index (χ0n) is 11.6. The minimum atomic E-state index is -0.306. The number of rotatable bonds is 3. The number of Topliss-reactive ketones (excluding diaryl/α,β-unsaturated/α-hetero) is 1. The highest BCUT2D eigenvalue weighted by atomic mass is 16.1. The van der Waals surface area contributed by atoms with Gasteiger partial charge >= 0.3 is 0 Å². The van der Waals surface area contributed by atoms with Gasteiger partial charge in [0.2, 0.25) is 0 Å². The molecule has 1 saturated carbocycles. The lowest BCUT2D eigenvalue weighted by Crippen LogP contribution is -2.43. The Bertz CT molecular complexity index is 624. The third-order valence-corrected chi connectivity index (χ3v) is 4.31. The van der Waals surface area contributed by atoms with Crippen molar-refractivity contribution in [1.82, 2.24) is 4.98 Å². The van der Waals surface area contributed by atoms with Gasteiger partial charge in [-0.1, -0.05) is 37.5 Å². The average Bonchev–Trinajstić information content (AvgIpc) is 2.47. The Hall–Kier alpha value is -1.74. The molecule has 1 aliphatic rings. The number of nitrogens with two attached hydrogens (primary N) is 1. The first-order chi connectivity index (χ1) is 9.68. The van der Waals surface area contributed by atoms with Gasteiger partial charge in [-0.25, -0.2) is 0 Å². The Kier molecular flexibility index (Phi) is 3.53. The Morgan fingerprint density at radius 3 is 2.75 bits per heavy atom. The Morgan fingerprint density at radius 1 is 1.15 bits per heavy atom. The van der Waals surface area contributed by atoms with Gasteiger partial charge in [0.1, 0.15) is 0 Å². The molecule has 2 aromatic rings. The molecule has 20 heavy (non-hydrogen) atoms. The van der Waals surface area contributed by atoms with Crippen LogP contribution >= 0.6 is 0 Å². The molecule has 0 saturated heterocycles. The summed E-state index contributed by atoms with van der Waals surface area (Å²) in [6, 6.07) is 9.55. The summed E-state index contributed by atoms with van der Waals surface area (Å²) in [5.41, 5.74) is 7.72. The molecule has 104 valence electrons. The van der Waals surface area contributed by atoms with Crippen LogP contribution in [0.4, 0.5) is 0 Å². The quantitative estimate of drug-likeness (QED) is 0.867. The number of aromatic nitrogens is 1. The first kappa shape index (κ1) is 13.3. The van der Waals surface area contributed by atoms with Crippen molar-refractivity contribution in [2.24, 2.45) is 5.73 Å². The van der Waals surface area contributed by atoms with Gasteiger partial charge in [0.05, 0.1) is 5.52 Å². The molecule has 1 aromatic carbocycles. The van der Waals surface area contributed by atoms with E-state index in [0.29, 0.717) is 6.42 Å². The molecule has 0 bridgehead atoms. The van der Waals surface area contributed by atoms with Gasteiger partial charge in [-0.15, -0.1) is 0 Å². The molecule has 0 radical (unpaired) electrons. The SMILES string of the molecule is NC1(CC(=O)c2cccc3ncccc23)CCCCC1. The first-order valence-electron chi connectivity index (χ1n) is 7.34. The van der Waals surface area contributed by atoms with Crippen molar-refractivity contribution in [2.75, 3.05) is 0 Å². The van der Waals surface area contributed by atoms with Gasteiger partial charge < -0.3 is 5.73 Å². The lowest BCUT2D eigenvalue weighted by Gasteiger charge is -2.32. The number of benzene rings is 1. The summed E-state index contributed by atoms with van der Waals surface area (Å²) in [5.74, 6) is 0.146. The Balaban J connectivity index is 1.89. The predicted molar refractivity (Wildman–Crippen MR) is 80.7 cm³/mol. The lowest BCUT2D eigenvalue weighted by molar-refractivity contribution is 0.0936. The second-order valence-corrected chi connectivity index (χ2v) is 5.90. The van der Waals surface area contributed by atoms with Gasteiger partial charge in [-0.3, -0.25) is 9.78 Å². The molecule has 0 amide bonds. The smallest absolute Gasteiger partial charge is 0.165 e. The van der Waals surface area contributed by atoms with Crippen LogP contribution in [-0.4, -0.2) is 16.3 Å². The summed E-state index contributed by atoms with van der Waals surface area (Å²) in [7, 11) is 0. The van der Waals surface area contributed by atoms with Gasteiger partial charge in [-0.2, -0.15) is 0 Å². The Morgan fingerprint density at radius 2 is 1.95 bits per heavy atom. The van der Waals surface area contributed by atoms with Crippen LogP contribution in [0.2, 0.25) is 0 Å². The van der Waals surface area contributed by atoms with Crippen molar-refractivity contribution in [3.05, 3.63) is 42.1 Å². The van der Waals surface area contributed by atoms with Crippen LogP contribution in [0, 0.1) is 0 Å². The summed E-state index contributed by atoms with van der Waals surface area (Å²) in [6.07, 6.45) is 7.64. The number of pyridine rings is 1. The third kappa shape index (κ3) is 2.59. The maximum Gasteiger partial charge on any atom is 0.165 e. The number of nitrogens with zero attached hydrogens (tertiary/aromatic N) is 1. The van der Waals surface area contributed by atoms with Gasteiger partial charge in [-0.05, 0) is 25.0 Å². The maximum absolute atomic E-state index is 12.6. The van der Waals surface area contributed by atoms with Crippen LogP contribution in [0.3, 0.4) is 0 Å². The van der Waals surface area contributed by atoms with Crippen molar-refractivity contribution >= 4 is 16.7 Å². The molecule has 3 rings (SSSR count). The van der Waals surface area contributed by atoms with E-state index in [-0.39, 0.29) is 11.3 Å². The number of hydrogen-bond acceptors (Lipinski definition) is 3. The number of carbonyl (C=O) groups is 1. The summed E-state index contributed by atoms with van der Waals surface area (Å²) in [5, 5.41) is 0.930. The highest BCUT2D eigenvalue weighted by molar-refractivity contribution is 6.07. The second-order valence-electron chi connectivity index (χ2n) is 5.90. The Labute approximate surface area is 119 Å². The van der Waals surface area contributed by atoms with Crippen molar-refractivity contribution in [3.8, 4) is 0 Å². The van der Waals surface area contributed by atoms with E-state index >= 15 is 0 Å². The molecule has 3 nitrogen and oxygen atoms in total. The summed E-state index contributed by atoms with van der Waals surface area (Å²) in [6.45, 7) is 0. The lowest BCUT2D eigenvalue weighted by atomic mass is 9.78. The monoisotopic (exact) mass is 268 g/mol. The number of hydrogen-bond donors (Lipinski definition) is 1. The zero-order valence-corrected chi connectivity index (χ0v) is 11.6. The van der Waals surface area contributed by atoms with Crippen LogP contribution in [0.1, 0.15) is 48.9 Å². The fourth-order valence-electron chi connectivity index (χ4n) is 3.19. The van der Waals surface area contributed by atoms with E-state index in [2.05, 4.69) is 4.98 Å². The fraction of sp³-hybridized carbons (Fsp3) is 0.412. The molecule has 1 aromatic heterocycles. The topological polar surface area (TPSA) is 56.0 Å². The number of fused-ring (bicyclic) bond motifs is 1. The standard InChI is InChI=1S/C17H20N2O/c18-17(9-2-1-3-10-17)12-16(20)14-6-4-8-15-13(14)7-5-11-19-15/h4-8,11H,1-3,9-10,12,18H2. The van der Waals surface area contributed by atoms with Crippen LogP contribution in [0.15, 0.2) is 36.5 Å². The normalized spacial score (nSPS) is 18.1. The highest BCUT2D eigenvalue weighted by Gasteiger charge is 2.30. The van der Waals surface area contributed by atoms with E-state index in [1.54, 1.807) is 6.20 Å². The average molecular weight is 268 g/mol. The van der Waals surface area contributed by atoms with E-state index in [1.165, 1.54) is 6.42 Å². The fourth-order valence-corrected chi connectivity index (χ4v) is 3.19. The summed E-state index contributed by atoms with van der Waals surface area (Å²) in [4.78, 5) is 16.9. The molecule has 1 aliphatic carbocycles. The first-order valence-corrected chi connectivity index (χ1v) is 7.34.